The number of hydrogen-bond donors (Lipinski definition) is 0. The first-order valence-corrected chi connectivity index (χ1v) is 9.45. The van der Waals surface area contributed by atoms with Gasteiger partial charge in [-0.05, 0) is 25.0 Å². The van der Waals surface area contributed by atoms with Crippen LogP contribution in [0.15, 0.2) is 24.3 Å². The molecular weight excluding hydrogens is 328 g/mol. The van der Waals surface area contributed by atoms with Crippen LogP contribution in [0.2, 0.25) is 0 Å². The summed E-state index contributed by atoms with van der Waals surface area (Å²) in [5.41, 5.74) is 1.02. The van der Waals surface area contributed by atoms with Gasteiger partial charge in [0.05, 0.1) is 11.1 Å². The molecule has 122 valence electrons. The SMILES string of the molecule is O=C1c2ccccc2C(=O)N1CCSC(=S)N1CCCCCC1. The molecule has 2 aliphatic heterocycles. The van der Waals surface area contributed by atoms with E-state index in [2.05, 4.69) is 4.90 Å². The molecule has 0 radical (unpaired) electrons. The number of benzene rings is 1. The van der Waals surface area contributed by atoms with E-state index in [1.54, 1.807) is 36.0 Å². The molecule has 2 aliphatic rings. The summed E-state index contributed by atoms with van der Waals surface area (Å²) >= 11 is 7.08. The zero-order valence-electron chi connectivity index (χ0n) is 13.0. The van der Waals surface area contributed by atoms with E-state index in [1.165, 1.54) is 30.6 Å². The van der Waals surface area contributed by atoms with Crippen molar-refractivity contribution >= 4 is 40.1 Å². The Morgan fingerprint density at radius 1 is 1.00 bits per heavy atom. The number of rotatable bonds is 3. The summed E-state index contributed by atoms with van der Waals surface area (Å²) in [7, 11) is 0. The third-order valence-corrected chi connectivity index (χ3v) is 5.79. The van der Waals surface area contributed by atoms with E-state index in [4.69, 9.17) is 12.2 Å². The van der Waals surface area contributed by atoms with Crippen LogP contribution in [-0.2, 0) is 0 Å². The Kier molecular flexibility index (Phi) is 5.33. The van der Waals surface area contributed by atoms with E-state index in [1.807, 2.05) is 0 Å². The van der Waals surface area contributed by atoms with Gasteiger partial charge in [-0.3, -0.25) is 14.5 Å². The Labute approximate surface area is 146 Å². The van der Waals surface area contributed by atoms with Gasteiger partial charge in [-0.25, -0.2) is 0 Å². The van der Waals surface area contributed by atoms with Gasteiger partial charge in [0.2, 0.25) is 0 Å². The van der Waals surface area contributed by atoms with E-state index in [9.17, 15) is 9.59 Å². The number of thioether (sulfide) groups is 1. The molecule has 6 heteroatoms. The molecule has 0 aromatic heterocycles. The number of thiocarbonyl (C=S) groups is 1. The third kappa shape index (κ3) is 3.58. The molecule has 1 saturated heterocycles. The van der Waals surface area contributed by atoms with E-state index in [0.717, 1.165) is 17.4 Å². The number of hydrogen-bond acceptors (Lipinski definition) is 4. The first-order chi connectivity index (χ1) is 11.2. The minimum Gasteiger partial charge on any atom is -0.358 e. The molecule has 2 amide bonds. The van der Waals surface area contributed by atoms with Gasteiger partial charge in [-0.1, -0.05) is 49.0 Å². The Morgan fingerprint density at radius 3 is 2.13 bits per heavy atom. The molecule has 23 heavy (non-hydrogen) atoms. The lowest BCUT2D eigenvalue weighted by Crippen LogP contribution is -2.33. The maximum atomic E-state index is 12.3. The fraction of sp³-hybridized carbons (Fsp3) is 0.471. The van der Waals surface area contributed by atoms with Crippen molar-refractivity contribution in [3.8, 4) is 0 Å². The lowest BCUT2D eigenvalue weighted by molar-refractivity contribution is 0.0664. The van der Waals surface area contributed by atoms with E-state index in [-0.39, 0.29) is 11.8 Å². The number of fused-ring (bicyclic) bond motifs is 1. The van der Waals surface area contributed by atoms with Crippen LogP contribution in [0.1, 0.15) is 46.4 Å². The predicted octanol–water partition coefficient (Wildman–Crippen LogP) is 3.18. The average molecular weight is 348 g/mol. The Balaban J connectivity index is 1.52. The summed E-state index contributed by atoms with van der Waals surface area (Å²) in [5, 5.41) is 0. The predicted molar refractivity (Wildman–Crippen MR) is 96.9 cm³/mol. The average Bonchev–Trinajstić information content (AvgIpc) is 2.78. The molecule has 1 aromatic carbocycles. The van der Waals surface area contributed by atoms with Gasteiger partial charge < -0.3 is 4.90 Å². The van der Waals surface area contributed by atoms with E-state index in [0.29, 0.717) is 23.4 Å². The van der Waals surface area contributed by atoms with Crippen LogP contribution >= 0.6 is 24.0 Å². The lowest BCUT2D eigenvalue weighted by atomic mass is 10.1. The maximum Gasteiger partial charge on any atom is 0.261 e. The van der Waals surface area contributed by atoms with Gasteiger partial charge >= 0.3 is 0 Å². The fourth-order valence-electron chi connectivity index (χ4n) is 3.01. The molecule has 1 fully saturated rings. The van der Waals surface area contributed by atoms with Crippen molar-refractivity contribution in [1.82, 2.24) is 9.80 Å². The Hall–Kier alpha value is -1.40. The molecule has 0 spiro atoms. The molecule has 2 heterocycles. The van der Waals surface area contributed by atoms with Crippen molar-refractivity contribution in [1.29, 1.82) is 0 Å². The minimum atomic E-state index is -0.188. The largest absolute Gasteiger partial charge is 0.358 e. The van der Waals surface area contributed by atoms with Crippen LogP contribution in [0.5, 0.6) is 0 Å². The smallest absolute Gasteiger partial charge is 0.261 e. The summed E-state index contributed by atoms with van der Waals surface area (Å²) in [4.78, 5) is 28.2. The molecule has 4 nitrogen and oxygen atoms in total. The van der Waals surface area contributed by atoms with Crippen LogP contribution < -0.4 is 0 Å². The number of amides is 2. The second kappa shape index (κ2) is 7.45. The zero-order valence-corrected chi connectivity index (χ0v) is 14.6. The summed E-state index contributed by atoms with van der Waals surface area (Å²) in [6.45, 7) is 2.46. The zero-order chi connectivity index (χ0) is 16.2. The number of carbonyl (C=O) groups excluding carboxylic acids is 2. The van der Waals surface area contributed by atoms with Gasteiger partial charge in [0.1, 0.15) is 4.32 Å². The first-order valence-electron chi connectivity index (χ1n) is 8.05. The molecule has 0 aliphatic carbocycles. The monoisotopic (exact) mass is 348 g/mol. The van der Waals surface area contributed by atoms with Crippen molar-refractivity contribution < 1.29 is 9.59 Å². The third-order valence-electron chi connectivity index (χ3n) is 4.28. The molecule has 0 bridgehead atoms. The number of imide groups is 1. The van der Waals surface area contributed by atoms with Gasteiger partial charge in [0, 0.05) is 25.4 Å². The second-order valence-corrected chi connectivity index (χ2v) is 7.55. The van der Waals surface area contributed by atoms with Crippen molar-refractivity contribution in [3.63, 3.8) is 0 Å². The highest BCUT2D eigenvalue weighted by Gasteiger charge is 2.34. The Bertz CT molecular complexity index is 590. The topological polar surface area (TPSA) is 40.6 Å². The molecule has 0 atom stereocenters. The normalized spacial score (nSPS) is 18.1. The van der Waals surface area contributed by atoms with Crippen LogP contribution in [-0.4, -0.2) is 51.3 Å². The number of likely N-dealkylation sites (tertiary alicyclic amines) is 1. The van der Waals surface area contributed by atoms with E-state index >= 15 is 0 Å². The van der Waals surface area contributed by atoms with Crippen LogP contribution in [0, 0.1) is 0 Å². The summed E-state index contributed by atoms with van der Waals surface area (Å²) < 4.78 is 0.892. The fourth-order valence-corrected chi connectivity index (χ4v) is 4.26. The molecule has 0 N–H and O–H groups in total. The standard InChI is InChI=1S/C17H20N2O2S2/c20-15-13-7-3-4-8-14(13)16(21)19(15)11-12-23-17(22)18-9-5-1-2-6-10-18/h3-4,7-8H,1-2,5-6,9-12H2. The van der Waals surface area contributed by atoms with Crippen molar-refractivity contribution in [3.05, 3.63) is 35.4 Å². The molecule has 3 rings (SSSR count). The summed E-state index contributed by atoms with van der Waals surface area (Å²) in [6, 6.07) is 7.00. The maximum absolute atomic E-state index is 12.3. The number of carbonyl (C=O) groups is 2. The molecule has 0 saturated carbocycles. The molecule has 1 aromatic rings. The lowest BCUT2D eigenvalue weighted by Gasteiger charge is -2.23. The van der Waals surface area contributed by atoms with Crippen LogP contribution in [0.25, 0.3) is 0 Å². The van der Waals surface area contributed by atoms with Gasteiger partial charge in [-0.15, -0.1) is 0 Å². The van der Waals surface area contributed by atoms with Gasteiger partial charge in [0.25, 0.3) is 11.8 Å². The highest BCUT2D eigenvalue weighted by molar-refractivity contribution is 8.22. The van der Waals surface area contributed by atoms with Gasteiger partial charge in [0.15, 0.2) is 0 Å². The molecular formula is C17H20N2O2S2. The highest BCUT2D eigenvalue weighted by Crippen LogP contribution is 2.23. The van der Waals surface area contributed by atoms with Crippen LogP contribution in [0.3, 0.4) is 0 Å². The first kappa shape index (κ1) is 16.5. The highest BCUT2D eigenvalue weighted by atomic mass is 32.2. The second-order valence-electron chi connectivity index (χ2n) is 5.82. The summed E-state index contributed by atoms with van der Waals surface area (Å²) in [6.07, 6.45) is 4.94. The Morgan fingerprint density at radius 2 is 1.57 bits per heavy atom. The van der Waals surface area contributed by atoms with Crippen molar-refractivity contribution in [2.24, 2.45) is 0 Å². The van der Waals surface area contributed by atoms with Crippen LogP contribution in [0.4, 0.5) is 0 Å². The summed E-state index contributed by atoms with van der Waals surface area (Å²) in [5.74, 6) is 0.277. The number of nitrogens with zero attached hydrogens (tertiary/aromatic N) is 2. The van der Waals surface area contributed by atoms with Crippen molar-refractivity contribution in [2.45, 2.75) is 25.7 Å². The van der Waals surface area contributed by atoms with Crippen molar-refractivity contribution in [2.75, 3.05) is 25.4 Å². The quantitative estimate of drug-likeness (QED) is 0.620. The minimum absolute atomic E-state index is 0.188. The van der Waals surface area contributed by atoms with E-state index < -0.39 is 0 Å². The molecule has 0 unspecified atom stereocenters. The van der Waals surface area contributed by atoms with Gasteiger partial charge in [-0.2, -0.15) is 0 Å².